The Kier molecular flexibility index (Phi) is 2.66. The zero-order chi connectivity index (χ0) is 14.7. The Morgan fingerprint density at radius 2 is 2.15 bits per heavy atom. The highest BCUT2D eigenvalue weighted by molar-refractivity contribution is 5.69. The Morgan fingerprint density at radius 3 is 2.70 bits per heavy atom. The third-order valence-corrected chi connectivity index (χ3v) is 4.48. The SMILES string of the molecule is Cn1cnc2c1c(=O)n(C[C@@H]1CC[C@]1(C)O)c(=O)n2C. The number of rotatable bonds is 2. The van der Waals surface area contributed by atoms with E-state index < -0.39 is 5.60 Å². The maximum Gasteiger partial charge on any atom is 0.332 e. The van der Waals surface area contributed by atoms with Gasteiger partial charge in [0.25, 0.3) is 5.56 Å². The van der Waals surface area contributed by atoms with E-state index >= 15 is 0 Å². The summed E-state index contributed by atoms with van der Waals surface area (Å²) < 4.78 is 4.21. The van der Waals surface area contributed by atoms with Crippen LogP contribution in [-0.4, -0.2) is 29.4 Å². The lowest BCUT2D eigenvalue weighted by atomic mass is 9.70. The molecule has 2 heterocycles. The average Bonchev–Trinajstić information content (AvgIpc) is 2.77. The Hall–Kier alpha value is -1.89. The van der Waals surface area contributed by atoms with Gasteiger partial charge in [0.1, 0.15) is 0 Å². The Morgan fingerprint density at radius 1 is 1.45 bits per heavy atom. The maximum absolute atomic E-state index is 12.5. The van der Waals surface area contributed by atoms with E-state index in [9.17, 15) is 14.7 Å². The van der Waals surface area contributed by atoms with Crippen molar-refractivity contribution in [2.45, 2.75) is 31.9 Å². The summed E-state index contributed by atoms with van der Waals surface area (Å²) in [6.45, 7) is 2.00. The Labute approximate surface area is 115 Å². The molecule has 0 unspecified atom stereocenters. The molecule has 0 aliphatic heterocycles. The molecule has 3 rings (SSSR count). The molecule has 2 atom stereocenters. The van der Waals surface area contributed by atoms with Gasteiger partial charge in [-0.3, -0.25) is 13.9 Å². The van der Waals surface area contributed by atoms with Crippen molar-refractivity contribution >= 4 is 11.2 Å². The first-order valence-electron chi connectivity index (χ1n) is 6.66. The van der Waals surface area contributed by atoms with E-state index in [4.69, 9.17) is 0 Å². The van der Waals surface area contributed by atoms with Gasteiger partial charge in [0, 0.05) is 26.6 Å². The molecule has 0 amide bonds. The minimum absolute atomic E-state index is 0.0569. The predicted octanol–water partition coefficient (Wildman–Crippen LogP) is -0.405. The monoisotopic (exact) mass is 278 g/mol. The molecular weight excluding hydrogens is 260 g/mol. The summed E-state index contributed by atoms with van der Waals surface area (Å²) in [4.78, 5) is 28.9. The van der Waals surface area contributed by atoms with Gasteiger partial charge in [0.15, 0.2) is 11.2 Å². The van der Waals surface area contributed by atoms with Crippen molar-refractivity contribution in [3.05, 3.63) is 27.2 Å². The van der Waals surface area contributed by atoms with Gasteiger partial charge >= 0.3 is 5.69 Å². The molecule has 1 aliphatic carbocycles. The van der Waals surface area contributed by atoms with Crippen molar-refractivity contribution in [2.75, 3.05) is 0 Å². The van der Waals surface area contributed by atoms with Crippen LogP contribution in [-0.2, 0) is 20.6 Å². The zero-order valence-electron chi connectivity index (χ0n) is 11.8. The molecule has 0 saturated heterocycles. The molecule has 0 bridgehead atoms. The van der Waals surface area contributed by atoms with Gasteiger partial charge in [-0.2, -0.15) is 0 Å². The van der Waals surface area contributed by atoms with Crippen LogP contribution in [0, 0.1) is 5.92 Å². The molecule has 108 valence electrons. The van der Waals surface area contributed by atoms with Crippen molar-refractivity contribution in [1.82, 2.24) is 18.7 Å². The second-order valence-electron chi connectivity index (χ2n) is 5.88. The van der Waals surface area contributed by atoms with Crippen LogP contribution in [0.1, 0.15) is 19.8 Å². The quantitative estimate of drug-likeness (QED) is 0.810. The average molecular weight is 278 g/mol. The second-order valence-corrected chi connectivity index (χ2v) is 5.88. The van der Waals surface area contributed by atoms with Crippen LogP contribution in [0.15, 0.2) is 15.9 Å². The van der Waals surface area contributed by atoms with Crippen molar-refractivity contribution in [3.63, 3.8) is 0 Å². The summed E-state index contributed by atoms with van der Waals surface area (Å²) in [6.07, 6.45) is 3.06. The summed E-state index contributed by atoms with van der Waals surface area (Å²) in [5.41, 5.74) is -0.717. The smallest absolute Gasteiger partial charge is 0.332 e. The first-order chi connectivity index (χ1) is 9.33. The summed E-state index contributed by atoms with van der Waals surface area (Å²) in [5.74, 6) is -0.0569. The first kappa shape index (κ1) is 13.1. The predicted molar refractivity (Wildman–Crippen MR) is 73.6 cm³/mol. The molecule has 1 N–H and O–H groups in total. The van der Waals surface area contributed by atoms with E-state index in [2.05, 4.69) is 4.98 Å². The number of hydrogen-bond donors (Lipinski definition) is 1. The number of imidazole rings is 1. The van der Waals surface area contributed by atoms with E-state index in [0.29, 0.717) is 17.6 Å². The van der Waals surface area contributed by atoms with Gasteiger partial charge in [-0.1, -0.05) is 0 Å². The molecule has 0 radical (unpaired) electrons. The van der Waals surface area contributed by atoms with E-state index in [0.717, 1.165) is 6.42 Å². The molecule has 7 nitrogen and oxygen atoms in total. The third kappa shape index (κ3) is 1.66. The molecule has 1 saturated carbocycles. The molecule has 20 heavy (non-hydrogen) atoms. The normalized spacial score (nSPS) is 25.9. The van der Waals surface area contributed by atoms with Crippen LogP contribution in [0.3, 0.4) is 0 Å². The third-order valence-electron chi connectivity index (χ3n) is 4.48. The summed E-state index contributed by atoms with van der Waals surface area (Å²) in [6, 6.07) is 0. The van der Waals surface area contributed by atoms with Gasteiger partial charge in [-0.25, -0.2) is 9.78 Å². The van der Waals surface area contributed by atoms with Crippen molar-refractivity contribution in [1.29, 1.82) is 0 Å². The Bertz CT molecular complexity index is 796. The lowest BCUT2D eigenvalue weighted by molar-refractivity contribution is -0.0852. The molecule has 0 aromatic carbocycles. The standard InChI is InChI=1S/C13H18N4O3/c1-13(20)5-4-8(13)6-17-11(18)9-10(14-7-15(9)2)16(3)12(17)19/h7-8,20H,4-6H2,1-3H3/t8-,13-/m0/s1. The highest BCUT2D eigenvalue weighted by Gasteiger charge is 2.41. The molecule has 7 heteroatoms. The van der Waals surface area contributed by atoms with Crippen molar-refractivity contribution in [3.8, 4) is 0 Å². The van der Waals surface area contributed by atoms with Crippen LogP contribution < -0.4 is 11.2 Å². The van der Waals surface area contributed by atoms with Crippen LogP contribution in [0.4, 0.5) is 0 Å². The number of nitrogens with zero attached hydrogens (tertiary/aromatic N) is 4. The highest BCUT2D eigenvalue weighted by Crippen LogP contribution is 2.38. The fourth-order valence-electron chi connectivity index (χ4n) is 2.83. The van der Waals surface area contributed by atoms with Gasteiger partial charge in [0.05, 0.1) is 11.9 Å². The van der Waals surface area contributed by atoms with E-state index in [1.54, 1.807) is 25.6 Å². The molecule has 0 spiro atoms. The zero-order valence-corrected chi connectivity index (χ0v) is 11.8. The molecule has 2 aromatic heterocycles. The number of aliphatic hydroxyl groups is 1. The number of aromatic nitrogens is 4. The number of fused-ring (bicyclic) bond motifs is 1. The number of aryl methyl sites for hydroxylation is 2. The first-order valence-corrected chi connectivity index (χ1v) is 6.66. The largest absolute Gasteiger partial charge is 0.390 e. The second kappa shape index (κ2) is 4.05. The summed E-state index contributed by atoms with van der Waals surface area (Å²) >= 11 is 0. The fraction of sp³-hybridized carbons (Fsp3) is 0.615. The molecule has 1 fully saturated rings. The van der Waals surface area contributed by atoms with Crippen LogP contribution in [0.25, 0.3) is 11.2 Å². The van der Waals surface area contributed by atoms with E-state index in [1.807, 2.05) is 0 Å². The van der Waals surface area contributed by atoms with E-state index in [-0.39, 0.29) is 23.7 Å². The minimum Gasteiger partial charge on any atom is -0.390 e. The van der Waals surface area contributed by atoms with Crippen molar-refractivity contribution < 1.29 is 5.11 Å². The van der Waals surface area contributed by atoms with Crippen LogP contribution >= 0.6 is 0 Å². The van der Waals surface area contributed by atoms with E-state index in [1.165, 1.54) is 15.5 Å². The molecule has 2 aromatic rings. The Balaban J connectivity index is 2.18. The van der Waals surface area contributed by atoms with Crippen LogP contribution in [0.2, 0.25) is 0 Å². The summed E-state index contributed by atoms with van der Waals surface area (Å²) in [7, 11) is 3.33. The minimum atomic E-state index is -0.786. The van der Waals surface area contributed by atoms with Crippen LogP contribution in [0.5, 0.6) is 0 Å². The number of hydrogen-bond acceptors (Lipinski definition) is 4. The lowest BCUT2D eigenvalue weighted by Crippen LogP contribution is -2.50. The molecule has 1 aliphatic rings. The fourth-order valence-corrected chi connectivity index (χ4v) is 2.83. The summed E-state index contributed by atoms with van der Waals surface area (Å²) in [5, 5.41) is 10.1. The van der Waals surface area contributed by atoms with Gasteiger partial charge < -0.3 is 9.67 Å². The van der Waals surface area contributed by atoms with Gasteiger partial charge in [0.2, 0.25) is 0 Å². The van der Waals surface area contributed by atoms with Gasteiger partial charge in [-0.15, -0.1) is 0 Å². The van der Waals surface area contributed by atoms with Crippen molar-refractivity contribution in [2.24, 2.45) is 20.0 Å². The van der Waals surface area contributed by atoms with Gasteiger partial charge in [-0.05, 0) is 19.8 Å². The topological polar surface area (TPSA) is 82.1 Å². The lowest BCUT2D eigenvalue weighted by Gasteiger charge is -2.42. The molecular formula is C13H18N4O3. The maximum atomic E-state index is 12.5. The highest BCUT2D eigenvalue weighted by atomic mass is 16.3.